The maximum atomic E-state index is 13.5. The monoisotopic (exact) mass is 414 g/mol. The van der Waals surface area contributed by atoms with Crippen LogP contribution in [0.25, 0.3) is 0 Å². The van der Waals surface area contributed by atoms with E-state index in [0.29, 0.717) is 12.3 Å². The minimum atomic E-state index is -0.871. The maximum absolute atomic E-state index is 13.5. The van der Waals surface area contributed by atoms with Crippen LogP contribution in [0.2, 0.25) is 0 Å². The fraction of sp³-hybridized carbons (Fsp3) is 0.200. The van der Waals surface area contributed by atoms with E-state index in [0.717, 1.165) is 17.0 Å². The van der Waals surface area contributed by atoms with Crippen molar-refractivity contribution >= 4 is 23.2 Å². The van der Waals surface area contributed by atoms with Gasteiger partial charge in [0, 0.05) is 0 Å². The molecule has 0 spiro atoms. The summed E-state index contributed by atoms with van der Waals surface area (Å²) in [4.78, 5) is 34.1. The molecule has 0 unspecified atom stereocenters. The molecule has 0 bridgehead atoms. The van der Waals surface area contributed by atoms with Crippen molar-refractivity contribution in [2.45, 2.75) is 19.1 Å². The van der Waals surface area contributed by atoms with Gasteiger partial charge >= 0.3 is 0 Å². The molecule has 0 saturated carbocycles. The number of benzene rings is 3. The van der Waals surface area contributed by atoms with Gasteiger partial charge in [-0.25, -0.2) is 9.96 Å². The zero-order valence-corrected chi connectivity index (χ0v) is 17.0. The number of ether oxygens (including phenoxy) is 1. The molecule has 5 rings (SSSR count). The quantitative estimate of drug-likeness (QED) is 0.588. The minimum Gasteiger partial charge on any atom is -0.494 e. The van der Waals surface area contributed by atoms with Crippen molar-refractivity contribution in [1.82, 2.24) is 0 Å². The average Bonchev–Trinajstić information content (AvgIpc) is 3.32. The number of imide groups is 1. The van der Waals surface area contributed by atoms with E-state index >= 15 is 0 Å². The standard InChI is InChI=1S/C25H22N2O4/c1-2-30-20-15-13-17(14-16-20)22-21-23(31-27(22)19-11-7-4-8-12-19)25(29)26(24(21)28)18-9-5-3-6-10-18/h3-16,21-23H,2H2,1H3/t21-,22+,23-/m0/s1. The topological polar surface area (TPSA) is 59.1 Å². The Morgan fingerprint density at radius 2 is 1.42 bits per heavy atom. The predicted octanol–water partition coefficient (Wildman–Crippen LogP) is 4.14. The molecule has 2 fully saturated rings. The molecule has 156 valence electrons. The Kier molecular flexibility index (Phi) is 4.92. The van der Waals surface area contributed by atoms with Crippen LogP contribution in [-0.2, 0) is 14.4 Å². The largest absolute Gasteiger partial charge is 0.494 e. The van der Waals surface area contributed by atoms with Crippen molar-refractivity contribution in [3.8, 4) is 5.75 Å². The van der Waals surface area contributed by atoms with E-state index in [-0.39, 0.29) is 11.8 Å². The van der Waals surface area contributed by atoms with Gasteiger partial charge in [-0.1, -0.05) is 48.5 Å². The van der Waals surface area contributed by atoms with Crippen molar-refractivity contribution in [3.05, 3.63) is 90.5 Å². The van der Waals surface area contributed by atoms with Gasteiger partial charge in [-0.05, 0) is 48.9 Å². The summed E-state index contributed by atoms with van der Waals surface area (Å²) >= 11 is 0. The SMILES string of the molecule is CCOc1ccc([C@@H]2[C@@H]3C(=O)N(c4ccccc4)C(=O)[C@H]3ON2c2ccccc2)cc1. The lowest BCUT2D eigenvalue weighted by Gasteiger charge is -2.28. The lowest BCUT2D eigenvalue weighted by atomic mass is 9.90. The highest BCUT2D eigenvalue weighted by Crippen LogP contribution is 2.47. The van der Waals surface area contributed by atoms with Crippen LogP contribution in [-0.4, -0.2) is 24.5 Å². The zero-order valence-electron chi connectivity index (χ0n) is 17.0. The Balaban J connectivity index is 1.56. The van der Waals surface area contributed by atoms with Crippen LogP contribution in [0.15, 0.2) is 84.9 Å². The van der Waals surface area contributed by atoms with Crippen LogP contribution >= 0.6 is 0 Å². The van der Waals surface area contributed by atoms with Crippen LogP contribution in [0.4, 0.5) is 11.4 Å². The zero-order chi connectivity index (χ0) is 21.4. The predicted molar refractivity (Wildman–Crippen MR) is 117 cm³/mol. The van der Waals surface area contributed by atoms with Crippen molar-refractivity contribution in [1.29, 1.82) is 0 Å². The molecule has 2 aliphatic rings. The molecule has 6 heteroatoms. The van der Waals surface area contributed by atoms with E-state index in [1.165, 1.54) is 4.90 Å². The van der Waals surface area contributed by atoms with Crippen molar-refractivity contribution < 1.29 is 19.2 Å². The molecule has 0 radical (unpaired) electrons. The van der Waals surface area contributed by atoms with E-state index in [1.807, 2.05) is 79.7 Å². The number of para-hydroxylation sites is 2. The number of hydrogen-bond donors (Lipinski definition) is 0. The van der Waals surface area contributed by atoms with E-state index < -0.39 is 18.1 Å². The van der Waals surface area contributed by atoms with Crippen LogP contribution in [0, 0.1) is 5.92 Å². The van der Waals surface area contributed by atoms with Crippen molar-refractivity contribution in [2.75, 3.05) is 16.6 Å². The number of hydroxylamine groups is 1. The first-order valence-electron chi connectivity index (χ1n) is 10.4. The molecule has 6 nitrogen and oxygen atoms in total. The third-order valence-corrected chi connectivity index (χ3v) is 5.67. The van der Waals surface area contributed by atoms with Gasteiger partial charge in [0.15, 0.2) is 6.10 Å². The Morgan fingerprint density at radius 1 is 0.806 bits per heavy atom. The summed E-state index contributed by atoms with van der Waals surface area (Å²) in [5.74, 6) is -0.479. The number of hydrogen-bond acceptors (Lipinski definition) is 5. The van der Waals surface area contributed by atoms with Gasteiger partial charge in [0.05, 0.1) is 24.0 Å². The van der Waals surface area contributed by atoms with Crippen LogP contribution in [0.1, 0.15) is 18.5 Å². The summed E-state index contributed by atoms with van der Waals surface area (Å²) < 4.78 is 5.56. The molecule has 3 aromatic rings. The second-order valence-electron chi connectivity index (χ2n) is 7.51. The second kappa shape index (κ2) is 7.89. The first kappa shape index (κ1) is 19.3. The molecule has 2 amide bonds. The fourth-order valence-corrected chi connectivity index (χ4v) is 4.31. The normalized spacial score (nSPS) is 22.7. The van der Waals surface area contributed by atoms with Gasteiger partial charge in [0.1, 0.15) is 11.7 Å². The van der Waals surface area contributed by atoms with Gasteiger partial charge in [0.2, 0.25) is 5.91 Å². The summed E-state index contributed by atoms with van der Waals surface area (Å²) in [5.41, 5.74) is 2.24. The van der Waals surface area contributed by atoms with E-state index in [2.05, 4.69) is 0 Å². The molecule has 3 aromatic carbocycles. The summed E-state index contributed by atoms with van der Waals surface area (Å²) in [7, 11) is 0. The molecule has 0 N–H and O–H groups in total. The third-order valence-electron chi connectivity index (χ3n) is 5.67. The molecule has 2 aliphatic heterocycles. The minimum absolute atomic E-state index is 0.251. The van der Waals surface area contributed by atoms with E-state index in [4.69, 9.17) is 9.57 Å². The highest BCUT2D eigenvalue weighted by atomic mass is 16.7. The Hall–Kier alpha value is -3.64. The molecule has 2 saturated heterocycles. The Bertz CT molecular complexity index is 1090. The molecule has 2 heterocycles. The lowest BCUT2D eigenvalue weighted by Crippen LogP contribution is -2.37. The summed E-state index contributed by atoms with van der Waals surface area (Å²) in [6, 6.07) is 25.7. The van der Waals surface area contributed by atoms with Crippen LogP contribution in [0.3, 0.4) is 0 Å². The number of anilines is 2. The van der Waals surface area contributed by atoms with Gasteiger partial charge in [0.25, 0.3) is 5.91 Å². The molecular weight excluding hydrogens is 392 g/mol. The number of carbonyl (C=O) groups excluding carboxylic acids is 2. The maximum Gasteiger partial charge on any atom is 0.266 e. The number of fused-ring (bicyclic) bond motifs is 1. The van der Waals surface area contributed by atoms with Crippen LogP contribution in [0.5, 0.6) is 5.75 Å². The number of rotatable bonds is 5. The first-order chi connectivity index (χ1) is 15.2. The molecule has 0 aromatic heterocycles. The van der Waals surface area contributed by atoms with Crippen molar-refractivity contribution in [2.24, 2.45) is 5.92 Å². The van der Waals surface area contributed by atoms with Gasteiger partial charge < -0.3 is 4.74 Å². The second-order valence-corrected chi connectivity index (χ2v) is 7.51. The summed E-state index contributed by atoms with van der Waals surface area (Å²) in [6.07, 6.45) is -0.871. The first-order valence-corrected chi connectivity index (χ1v) is 10.4. The fourth-order valence-electron chi connectivity index (χ4n) is 4.31. The summed E-state index contributed by atoms with van der Waals surface area (Å²) in [5, 5.41) is 1.70. The van der Waals surface area contributed by atoms with Crippen molar-refractivity contribution in [3.63, 3.8) is 0 Å². The molecule has 0 aliphatic carbocycles. The van der Waals surface area contributed by atoms with E-state index in [1.54, 1.807) is 17.2 Å². The van der Waals surface area contributed by atoms with E-state index in [9.17, 15) is 9.59 Å². The average molecular weight is 414 g/mol. The molecule has 3 atom stereocenters. The highest BCUT2D eigenvalue weighted by Gasteiger charge is 2.60. The Labute approximate surface area is 180 Å². The third kappa shape index (κ3) is 3.25. The van der Waals surface area contributed by atoms with Gasteiger partial charge in [-0.15, -0.1) is 0 Å². The number of amides is 2. The summed E-state index contributed by atoms with van der Waals surface area (Å²) in [6.45, 7) is 2.51. The Morgan fingerprint density at radius 3 is 2.03 bits per heavy atom. The van der Waals surface area contributed by atoms with Gasteiger partial charge in [-0.2, -0.15) is 0 Å². The number of carbonyl (C=O) groups is 2. The number of nitrogens with zero attached hydrogens (tertiary/aromatic N) is 2. The van der Waals surface area contributed by atoms with Gasteiger partial charge in [-0.3, -0.25) is 14.4 Å². The highest BCUT2D eigenvalue weighted by molar-refractivity contribution is 6.23. The molecular formula is C25H22N2O4. The van der Waals surface area contributed by atoms with Crippen LogP contribution < -0.4 is 14.7 Å². The smallest absolute Gasteiger partial charge is 0.266 e. The molecule has 31 heavy (non-hydrogen) atoms. The lowest BCUT2D eigenvalue weighted by molar-refractivity contribution is -0.126.